The van der Waals surface area contributed by atoms with Crippen molar-refractivity contribution in [3.05, 3.63) is 71.7 Å². The first kappa shape index (κ1) is 19.4. The molecular formula is C21H30FN. The minimum Gasteiger partial charge on any atom is -0.313 e. The van der Waals surface area contributed by atoms with Crippen molar-refractivity contribution < 1.29 is 4.39 Å². The van der Waals surface area contributed by atoms with Gasteiger partial charge in [-0.15, -0.1) is 0 Å². The van der Waals surface area contributed by atoms with Crippen LogP contribution in [-0.2, 0) is 0 Å². The van der Waals surface area contributed by atoms with Crippen LogP contribution < -0.4 is 5.32 Å². The minimum atomic E-state index is 0.585. The minimum absolute atomic E-state index is 0.585. The molecule has 0 bridgehead atoms. The number of allylic oxidation sites excluding steroid dienone is 8. The van der Waals surface area contributed by atoms with Crippen molar-refractivity contribution in [3.8, 4) is 0 Å². The maximum atomic E-state index is 12.4. The van der Waals surface area contributed by atoms with Gasteiger partial charge in [0.05, 0.1) is 6.33 Å². The summed E-state index contributed by atoms with van der Waals surface area (Å²) < 4.78 is 12.4. The number of hydrogen-bond acceptors (Lipinski definition) is 1. The zero-order valence-corrected chi connectivity index (χ0v) is 14.7. The highest BCUT2D eigenvalue weighted by Crippen LogP contribution is 2.37. The van der Waals surface area contributed by atoms with Crippen LogP contribution in [0.3, 0.4) is 0 Å². The third kappa shape index (κ3) is 7.43. The van der Waals surface area contributed by atoms with E-state index in [1.807, 2.05) is 25.2 Å². The number of rotatable bonds is 10. The van der Waals surface area contributed by atoms with Crippen molar-refractivity contribution in [1.29, 1.82) is 0 Å². The van der Waals surface area contributed by atoms with Gasteiger partial charge >= 0.3 is 0 Å². The lowest BCUT2D eigenvalue weighted by atomic mass is 9.95. The van der Waals surface area contributed by atoms with Crippen molar-refractivity contribution in [1.82, 2.24) is 5.32 Å². The van der Waals surface area contributed by atoms with E-state index in [2.05, 4.69) is 37.9 Å². The molecule has 0 amide bonds. The molecule has 23 heavy (non-hydrogen) atoms. The molecule has 2 heteroatoms. The van der Waals surface area contributed by atoms with E-state index in [1.165, 1.54) is 35.6 Å². The van der Waals surface area contributed by atoms with Crippen LogP contribution >= 0.6 is 0 Å². The van der Waals surface area contributed by atoms with E-state index in [4.69, 9.17) is 0 Å². The van der Waals surface area contributed by atoms with Gasteiger partial charge in [-0.3, -0.25) is 0 Å². The predicted octanol–water partition coefficient (Wildman–Crippen LogP) is 5.81. The van der Waals surface area contributed by atoms with Gasteiger partial charge in [0.2, 0.25) is 0 Å². The summed E-state index contributed by atoms with van der Waals surface area (Å²) >= 11 is 0. The normalized spacial score (nSPS) is 17.9. The van der Waals surface area contributed by atoms with Gasteiger partial charge in [0.15, 0.2) is 0 Å². The molecule has 0 aromatic carbocycles. The van der Waals surface area contributed by atoms with Crippen molar-refractivity contribution in [2.45, 2.75) is 40.0 Å². The van der Waals surface area contributed by atoms with Crippen LogP contribution in [0.1, 0.15) is 40.0 Å². The third-order valence-corrected chi connectivity index (χ3v) is 3.98. The zero-order valence-electron chi connectivity index (χ0n) is 14.7. The molecule has 1 aliphatic carbocycles. The van der Waals surface area contributed by atoms with Crippen molar-refractivity contribution in [3.63, 3.8) is 0 Å². The first-order valence-corrected chi connectivity index (χ1v) is 8.49. The van der Waals surface area contributed by atoms with Gasteiger partial charge in [0.25, 0.3) is 0 Å². The lowest BCUT2D eigenvalue weighted by Crippen LogP contribution is -2.16. The summed E-state index contributed by atoms with van der Waals surface area (Å²) in [6, 6.07) is 0. The third-order valence-electron chi connectivity index (χ3n) is 3.98. The molecule has 1 N–H and O–H groups in total. The van der Waals surface area contributed by atoms with Crippen LogP contribution in [0.5, 0.6) is 0 Å². The fraction of sp³-hybridized carbons (Fsp3) is 0.429. The molecule has 0 aromatic rings. The van der Waals surface area contributed by atoms with Gasteiger partial charge in [0, 0.05) is 6.54 Å². The van der Waals surface area contributed by atoms with E-state index in [0.717, 1.165) is 31.0 Å². The molecule has 0 heterocycles. The van der Waals surface area contributed by atoms with E-state index in [-0.39, 0.29) is 0 Å². The Morgan fingerprint density at radius 1 is 1.35 bits per heavy atom. The Hall–Kier alpha value is -1.67. The number of halogens is 1. The Bertz CT molecular complexity index is 528. The average molecular weight is 315 g/mol. The second kappa shape index (κ2) is 11.0. The Labute approximate surface area is 141 Å². The largest absolute Gasteiger partial charge is 0.313 e. The predicted molar refractivity (Wildman–Crippen MR) is 100 cm³/mol. The SMILES string of the molecule is C=C\C(CNCC)=C(C)/C=C(CC1CC1)/C(/C=C\C)=C/C=C/F. The first-order valence-electron chi connectivity index (χ1n) is 8.49. The molecule has 0 saturated heterocycles. The summed E-state index contributed by atoms with van der Waals surface area (Å²) in [6.07, 6.45) is 15.8. The summed E-state index contributed by atoms with van der Waals surface area (Å²) in [5.74, 6) is 0.776. The molecule has 0 radical (unpaired) electrons. The van der Waals surface area contributed by atoms with Gasteiger partial charge in [-0.05, 0) is 73.9 Å². The summed E-state index contributed by atoms with van der Waals surface area (Å²) in [5.41, 5.74) is 4.79. The van der Waals surface area contributed by atoms with E-state index < -0.39 is 0 Å². The summed E-state index contributed by atoms with van der Waals surface area (Å²) in [4.78, 5) is 0. The zero-order chi connectivity index (χ0) is 17.1. The Balaban J connectivity index is 3.15. The van der Waals surface area contributed by atoms with Crippen LogP contribution in [0.4, 0.5) is 4.39 Å². The van der Waals surface area contributed by atoms with E-state index in [9.17, 15) is 4.39 Å². The molecule has 0 atom stereocenters. The summed E-state index contributed by atoms with van der Waals surface area (Å²) in [7, 11) is 0. The summed E-state index contributed by atoms with van der Waals surface area (Å²) in [6.45, 7) is 11.9. The Morgan fingerprint density at radius 3 is 2.61 bits per heavy atom. The smallest absolute Gasteiger partial charge is 0.0867 e. The maximum absolute atomic E-state index is 12.4. The van der Waals surface area contributed by atoms with Crippen molar-refractivity contribution >= 4 is 0 Å². The first-order chi connectivity index (χ1) is 11.2. The molecule has 0 aromatic heterocycles. The van der Waals surface area contributed by atoms with Gasteiger partial charge in [-0.1, -0.05) is 43.9 Å². The van der Waals surface area contributed by atoms with Gasteiger partial charge in [0.1, 0.15) is 0 Å². The monoisotopic (exact) mass is 315 g/mol. The molecule has 1 nitrogen and oxygen atoms in total. The van der Waals surface area contributed by atoms with Crippen LogP contribution in [0.15, 0.2) is 71.7 Å². The standard InChI is InChI=1S/C21H30FN/c1-5-9-20(10-8-13-22)21(15-18-11-12-18)14-17(4)19(6-2)16-23-7-3/h5-6,8-10,13-14,18,23H,2,7,11-12,15-16H2,1,3-4H3/b9-5-,13-8+,19-17+,20-10+,21-14+. The molecular weight excluding hydrogens is 285 g/mol. The molecule has 1 fully saturated rings. The maximum Gasteiger partial charge on any atom is 0.0867 e. The fourth-order valence-corrected chi connectivity index (χ4v) is 2.47. The highest BCUT2D eigenvalue weighted by molar-refractivity contribution is 5.47. The van der Waals surface area contributed by atoms with Gasteiger partial charge < -0.3 is 5.32 Å². The second-order valence-corrected chi connectivity index (χ2v) is 5.95. The topological polar surface area (TPSA) is 12.0 Å². The fourth-order valence-electron chi connectivity index (χ4n) is 2.47. The average Bonchev–Trinajstić information content (AvgIpc) is 3.35. The van der Waals surface area contributed by atoms with Gasteiger partial charge in [-0.25, -0.2) is 4.39 Å². The van der Waals surface area contributed by atoms with Crippen LogP contribution in [0.2, 0.25) is 0 Å². The van der Waals surface area contributed by atoms with Crippen molar-refractivity contribution in [2.24, 2.45) is 5.92 Å². The van der Waals surface area contributed by atoms with Crippen LogP contribution in [0, 0.1) is 5.92 Å². The lowest BCUT2D eigenvalue weighted by molar-refractivity contribution is 0.721. The number of nitrogens with one attached hydrogen (secondary N) is 1. The Kier molecular flexibility index (Phi) is 9.23. The highest BCUT2D eigenvalue weighted by Gasteiger charge is 2.23. The number of hydrogen-bond donors (Lipinski definition) is 1. The highest BCUT2D eigenvalue weighted by atomic mass is 19.1. The van der Waals surface area contributed by atoms with E-state index >= 15 is 0 Å². The molecule has 1 saturated carbocycles. The molecule has 0 spiro atoms. The summed E-state index contributed by atoms with van der Waals surface area (Å²) in [5, 5.41) is 3.35. The Morgan fingerprint density at radius 2 is 2.09 bits per heavy atom. The van der Waals surface area contributed by atoms with Crippen LogP contribution in [0.25, 0.3) is 0 Å². The quantitative estimate of drug-likeness (QED) is 0.502. The molecule has 126 valence electrons. The molecule has 0 aliphatic heterocycles. The molecule has 0 unspecified atom stereocenters. The second-order valence-electron chi connectivity index (χ2n) is 5.95. The van der Waals surface area contributed by atoms with Crippen LogP contribution in [-0.4, -0.2) is 13.1 Å². The molecule has 1 rings (SSSR count). The van der Waals surface area contributed by atoms with E-state index in [0.29, 0.717) is 6.33 Å². The van der Waals surface area contributed by atoms with Gasteiger partial charge in [-0.2, -0.15) is 0 Å². The van der Waals surface area contributed by atoms with E-state index in [1.54, 1.807) is 0 Å². The number of likely N-dealkylation sites (N-methyl/N-ethyl adjacent to an activating group) is 1. The lowest BCUT2D eigenvalue weighted by Gasteiger charge is -2.11. The van der Waals surface area contributed by atoms with Crippen molar-refractivity contribution in [2.75, 3.05) is 13.1 Å². The molecule has 1 aliphatic rings.